The van der Waals surface area contributed by atoms with Gasteiger partial charge in [-0.3, -0.25) is 9.89 Å². The molecule has 0 aliphatic carbocycles. The van der Waals surface area contributed by atoms with Gasteiger partial charge in [-0.2, -0.15) is 0 Å². The van der Waals surface area contributed by atoms with E-state index < -0.39 is 10.0 Å². The summed E-state index contributed by atoms with van der Waals surface area (Å²) in [6, 6.07) is 3.94. The molecule has 1 fully saturated rings. The van der Waals surface area contributed by atoms with Gasteiger partial charge in [0.25, 0.3) is 0 Å². The standard InChI is InChI=1S/C17H30ClN5O2S2.HI/c1-5-19-17(22-14-11-23(12(2)3)10-13(14)4)20-8-9-21-27(24,25)16-7-6-15(18)26-16;/h6-7,12-14,21H,5,8-11H2,1-4H3,(H2,19,20,22);1H. The van der Waals surface area contributed by atoms with Gasteiger partial charge in [0.15, 0.2) is 5.96 Å². The van der Waals surface area contributed by atoms with Crippen LogP contribution in [0.15, 0.2) is 21.3 Å². The number of guanidine groups is 1. The van der Waals surface area contributed by atoms with Crippen LogP contribution in [0.1, 0.15) is 27.7 Å². The fourth-order valence-electron chi connectivity index (χ4n) is 2.97. The molecule has 28 heavy (non-hydrogen) atoms. The highest BCUT2D eigenvalue weighted by Gasteiger charge is 2.31. The van der Waals surface area contributed by atoms with E-state index in [1.807, 2.05) is 6.92 Å². The van der Waals surface area contributed by atoms with Gasteiger partial charge < -0.3 is 10.6 Å². The fourth-order valence-corrected chi connectivity index (χ4v) is 5.52. The SMILES string of the molecule is CCNC(=NCCNS(=O)(=O)c1ccc(Cl)s1)NC1CN(C(C)C)CC1C.I. The lowest BCUT2D eigenvalue weighted by Crippen LogP contribution is -2.47. The number of thiophene rings is 1. The quantitative estimate of drug-likeness (QED) is 0.196. The molecule has 7 nitrogen and oxygen atoms in total. The van der Waals surface area contributed by atoms with Crippen molar-refractivity contribution >= 4 is 62.9 Å². The maximum Gasteiger partial charge on any atom is 0.250 e. The molecule has 2 heterocycles. The first-order chi connectivity index (χ1) is 12.7. The molecule has 0 amide bonds. The molecule has 1 aromatic rings. The third-order valence-corrected chi connectivity index (χ3v) is 7.71. The first-order valence-electron chi connectivity index (χ1n) is 9.26. The molecular weight excluding hydrogens is 533 g/mol. The molecule has 0 bridgehead atoms. The van der Waals surface area contributed by atoms with Gasteiger partial charge in [-0.1, -0.05) is 18.5 Å². The Morgan fingerprint density at radius 2 is 2.11 bits per heavy atom. The largest absolute Gasteiger partial charge is 0.357 e. The predicted octanol–water partition coefficient (Wildman–Crippen LogP) is 2.58. The first kappa shape index (κ1) is 25.9. The topological polar surface area (TPSA) is 85.8 Å². The second-order valence-corrected chi connectivity index (χ2v) is 10.7. The maximum atomic E-state index is 12.2. The number of rotatable bonds is 8. The van der Waals surface area contributed by atoms with Crippen molar-refractivity contribution in [3.05, 3.63) is 16.5 Å². The van der Waals surface area contributed by atoms with Gasteiger partial charge in [-0.05, 0) is 38.8 Å². The van der Waals surface area contributed by atoms with E-state index in [1.165, 1.54) is 6.07 Å². The molecule has 1 aliphatic rings. The van der Waals surface area contributed by atoms with Gasteiger partial charge in [-0.15, -0.1) is 35.3 Å². The molecule has 2 atom stereocenters. The van der Waals surface area contributed by atoms with Crippen molar-refractivity contribution in [3.8, 4) is 0 Å². The summed E-state index contributed by atoms with van der Waals surface area (Å²) in [4.78, 5) is 6.96. The summed E-state index contributed by atoms with van der Waals surface area (Å²) in [7, 11) is -3.53. The van der Waals surface area contributed by atoms with Crippen LogP contribution in [0.5, 0.6) is 0 Å². The van der Waals surface area contributed by atoms with Crippen LogP contribution < -0.4 is 15.4 Å². The van der Waals surface area contributed by atoms with E-state index in [0.29, 0.717) is 28.9 Å². The van der Waals surface area contributed by atoms with Crippen molar-refractivity contribution in [2.75, 3.05) is 32.7 Å². The van der Waals surface area contributed by atoms with Gasteiger partial charge in [-0.25, -0.2) is 13.1 Å². The Balaban J connectivity index is 0.00000392. The van der Waals surface area contributed by atoms with E-state index in [4.69, 9.17) is 11.6 Å². The Kier molecular flexibility index (Phi) is 11.0. The Hall–Kier alpha value is -0.140. The van der Waals surface area contributed by atoms with Gasteiger partial charge in [0.1, 0.15) is 4.21 Å². The van der Waals surface area contributed by atoms with Gasteiger partial charge in [0.05, 0.1) is 10.9 Å². The molecule has 1 aromatic heterocycles. The number of hydrogen-bond donors (Lipinski definition) is 3. The number of halogens is 2. The second kappa shape index (κ2) is 11.9. The molecule has 0 aromatic carbocycles. The van der Waals surface area contributed by atoms with E-state index in [1.54, 1.807) is 6.07 Å². The van der Waals surface area contributed by atoms with Crippen molar-refractivity contribution in [1.29, 1.82) is 0 Å². The minimum atomic E-state index is -3.53. The third-order valence-electron chi connectivity index (χ3n) is 4.52. The molecule has 162 valence electrons. The molecule has 0 saturated carbocycles. The number of hydrogen-bond acceptors (Lipinski definition) is 5. The summed E-state index contributed by atoms with van der Waals surface area (Å²) in [6.07, 6.45) is 0. The molecule has 0 spiro atoms. The molecule has 0 radical (unpaired) electrons. The van der Waals surface area contributed by atoms with Crippen LogP contribution in [0.25, 0.3) is 0 Å². The van der Waals surface area contributed by atoms with Gasteiger partial charge in [0.2, 0.25) is 10.0 Å². The van der Waals surface area contributed by atoms with Crippen LogP contribution in [0, 0.1) is 5.92 Å². The smallest absolute Gasteiger partial charge is 0.250 e. The van der Waals surface area contributed by atoms with Crippen LogP contribution >= 0.6 is 46.9 Å². The molecule has 3 N–H and O–H groups in total. The average Bonchev–Trinajstić information content (AvgIpc) is 3.19. The Morgan fingerprint density at radius 3 is 2.64 bits per heavy atom. The number of sulfonamides is 1. The minimum absolute atomic E-state index is 0. The number of likely N-dealkylation sites (tertiary alicyclic amines) is 1. The summed E-state index contributed by atoms with van der Waals surface area (Å²) >= 11 is 6.85. The number of aliphatic imine (C=N–C) groups is 1. The van der Waals surface area contributed by atoms with Crippen molar-refractivity contribution < 1.29 is 8.42 Å². The normalized spacial score (nSPS) is 21.0. The van der Waals surface area contributed by atoms with E-state index in [2.05, 4.69) is 46.0 Å². The number of nitrogens with one attached hydrogen (secondary N) is 3. The molecule has 2 unspecified atom stereocenters. The monoisotopic (exact) mass is 563 g/mol. The van der Waals surface area contributed by atoms with Gasteiger partial charge >= 0.3 is 0 Å². The van der Waals surface area contributed by atoms with Crippen molar-refractivity contribution in [2.45, 2.75) is 44.0 Å². The van der Waals surface area contributed by atoms with Crippen LogP contribution in [0.2, 0.25) is 4.34 Å². The highest BCUT2D eigenvalue weighted by Crippen LogP contribution is 2.25. The zero-order valence-electron chi connectivity index (χ0n) is 16.7. The number of nitrogens with zero attached hydrogens (tertiary/aromatic N) is 2. The first-order valence-corrected chi connectivity index (χ1v) is 11.9. The Morgan fingerprint density at radius 1 is 1.39 bits per heavy atom. The highest BCUT2D eigenvalue weighted by molar-refractivity contribution is 14.0. The second-order valence-electron chi connectivity index (χ2n) is 6.99. The Labute approximate surface area is 194 Å². The fraction of sp³-hybridized carbons (Fsp3) is 0.706. The van der Waals surface area contributed by atoms with E-state index in [0.717, 1.165) is 36.9 Å². The molecular formula is C17H31ClIN5O2S2. The Bertz CT molecular complexity index is 742. The summed E-state index contributed by atoms with van der Waals surface area (Å²) in [5, 5.41) is 6.72. The van der Waals surface area contributed by atoms with Crippen LogP contribution in [0.3, 0.4) is 0 Å². The lowest BCUT2D eigenvalue weighted by molar-refractivity contribution is 0.265. The van der Waals surface area contributed by atoms with E-state index >= 15 is 0 Å². The lowest BCUT2D eigenvalue weighted by atomic mass is 10.1. The molecule has 11 heteroatoms. The molecule has 2 rings (SSSR count). The van der Waals surface area contributed by atoms with E-state index in [9.17, 15) is 8.42 Å². The molecule has 1 saturated heterocycles. The summed E-state index contributed by atoms with van der Waals surface area (Å²) in [6.45, 7) is 12.0. The minimum Gasteiger partial charge on any atom is -0.357 e. The summed E-state index contributed by atoms with van der Waals surface area (Å²) < 4.78 is 27.6. The van der Waals surface area contributed by atoms with Crippen LogP contribution in [0.4, 0.5) is 0 Å². The van der Waals surface area contributed by atoms with E-state index in [-0.39, 0.29) is 34.7 Å². The van der Waals surface area contributed by atoms with Crippen molar-refractivity contribution in [1.82, 2.24) is 20.3 Å². The van der Waals surface area contributed by atoms with Gasteiger partial charge in [0, 0.05) is 38.3 Å². The predicted molar refractivity (Wildman–Crippen MR) is 129 cm³/mol. The molecule has 1 aliphatic heterocycles. The van der Waals surface area contributed by atoms with Crippen molar-refractivity contribution in [2.24, 2.45) is 10.9 Å². The maximum absolute atomic E-state index is 12.2. The van der Waals surface area contributed by atoms with Crippen LogP contribution in [-0.2, 0) is 10.0 Å². The summed E-state index contributed by atoms with van der Waals surface area (Å²) in [5.41, 5.74) is 0. The third kappa shape index (κ3) is 7.60. The zero-order valence-corrected chi connectivity index (χ0v) is 21.5. The zero-order chi connectivity index (χ0) is 20.0. The average molecular weight is 564 g/mol. The summed E-state index contributed by atoms with van der Waals surface area (Å²) in [5.74, 6) is 1.25. The van der Waals surface area contributed by atoms with Crippen LogP contribution in [-0.4, -0.2) is 64.1 Å². The lowest BCUT2D eigenvalue weighted by Gasteiger charge is -2.22. The highest BCUT2D eigenvalue weighted by atomic mass is 127. The van der Waals surface area contributed by atoms with Crippen molar-refractivity contribution in [3.63, 3.8) is 0 Å².